The van der Waals surface area contributed by atoms with Crippen LogP contribution in [0, 0.1) is 0 Å². The Morgan fingerprint density at radius 2 is 1.88 bits per heavy atom. The van der Waals surface area contributed by atoms with E-state index < -0.39 is 0 Å². The Balaban J connectivity index is 2.94. The lowest BCUT2D eigenvalue weighted by atomic mass is 9.92. The van der Waals surface area contributed by atoms with Crippen LogP contribution >= 0.6 is 0 Å². The molecule has 1 N–H and O–H groups in total. The summed E-state index contributed by atoms with van der Waals surface area (Å²) >= 11 is 0. The normalized spacial score (nSPS) is 10.9. The molecule has 1 aromatic rings. The maximum Gasteiger partial charge on any atom is 0.123 e. The number of rotatable bonds is 7. The molecule has 0 atom stereocenters. The van der Waals surface area contributed by atoms with Crippen molar-refractivity contribution in [3.63, 3.8) is 0 Å². The van der Waals surface area contributed by atoms with Gasteiger partial charge >= 0.3 is 0 Å². The molecule has 0 aliphatic heterocycles. The van der Waals surface area contributed by atoms with Crippen LogP contribution < -0.4 is 10.2 Å². The van der Waals surface area contributed by atoms with Crippen molar-refractivity contribution >= 4 is 0 Å². The molecule has 0 spiro atoms. The van der Waals surface area contributed by atoms with Gasteiger partial charge in [-0.3, -0.25) is 0 Å². The second-order valence-electron chi connectivity index (χ2n) is 4.11. The number of hydroxylamine groups is 1. The van der Waals surface area contributed by atoms with E-state index in [0.717, 1.165) is 11.3 Å². The van der Waals surface area contributed by atoms with E-state index in [9.17, 15) is 0 Å². The zero-order valence-electron chi connectivity index (χ0n) is 11.2. The Hall–Kier alpha value is -1.06. The number of benzene rings is 1. The number of ether oxygens (including phenoxy) is 1. The Morgan fingerprint density at radius 3 is 2.41 bits per heavy atom. The highest BCUT2D eigenvalue weighted by atomic mass is 16.6. The van der Waals surface area contributed by atoms with Crippen molar-refractivity contribution in [2.75, 3.05) is 14.2 Å². The summed E-state index contributed by atoms with van der Waals surface area (Å²) in [5.41, 5.74) is 5.38. The molecule has 0 aromatic heterocycles. The van der Waals surface area contributed by atoms with Gasteiger partial charge in [0.1, 0.15) is 5.75 Å². The van der Waals surface area contributed by atoms with Crippen molar-refractivity contribution in [1.82, 2.24) is 5.48 Å². The van der Waals surface area contributed by atoms with Crippen LogP contribution in [0.25, 0.3) is 0 Å². The third kappa shape index (κ3) is 3.72. The molecule has 0 fully saturated rings. The molecule has 0 unspecified atom stereocenters. The molecule has 0 heterocycles. The van der Waals surface area contributed by atoms with Crippen molar-refractivity contribution in [2.45, 2.75) is 39.2 Å². The molecular formula is C14H23NO2. The van der Waals surface area contributed by atoms with Crippen LogP contribution in [0.4, 0.5) is 0 Å². The van der Waals surface area contributed by atoms with Crippen LogP contribution in [0.15, 0.2) is 18.2 Å². The first-order valence-electron chi connectivity index (χ1n) is 6.19. The van der Waals surface area contributed by atoms with Gasteiger partial charge in [-0.1, -0.05) is 26.0 Å². The molecular weight excluding hydrogens is 214 g/mol. The molecule has 3 heteroatoms. The van der Waals surface area contributed by atoms with Gasteiger partial charge in [-0.15, -0.1) is 0 Å². The molecule has 0 amide bonds. The van der Waals surface area contributed by atoms with Gasteiger partial charge in [0.05, 0.1) is 14.2 Å². The molecule has 0 aliphatic carbocycles. The second kappa shape index (κ2) is 7.30. The highest BCUT2D eigenvalue weighted by Gasteiger charge is 2.10. The lowest BCUT2D eigenvalue weighted by Gasteiger charge is -2.16. The fraction of sp³-hybridized carbons (Fsp3) is 0.571. The number of methoxy groups -OCH3 is 1. The molecule has 1 rings (SSSR count). The molecule has 0 radical (unpaired) electrons. The number of nitrogens with one attached hydrogen (secondary N) is 1. The van der Waals surface area contributed by atoms with Crippen LogP contribution in [0.2, 0.25) is 0 Å². The largest absolute Gasteiger partial charge is 0.496 e. The second-order valence-corrected chi connectivity index (χ2v) is 4.11. The zero-order chi connectivity index (χ0) is 12.7. The van der Waals surface area contributed by atoms with Crippen molar-refractivity contribution in [3.05, 3.63) is 29.3 Å². The van der Waals surface area contributed by atoms with Gasteiger partial charge in [0, 0.05) is 12.1 Å². The number of hydrogen-bond acceptors (Lipinski definition) is 3. The summed E-state index contributed by atoms with van der Waals surface area (Å²) in [6.45, 7) is 5.12. The van der Waals surface area contributed by atoms with Crippen LogP contribution in [-0.4, -0.2) is 14.2 Å². The van der Waals surface area contributed by atoms with Crippen molar-refractivity contribution in [1.29, 1.82) is 0 Å². The maximum atomic E-state index is 5.35. The third-order valence-electron chi connectivity index (χ3n) is 3.17. The highest BCUT2D eigenvalue weighted by Crippen LogP contribution is 2.28. The monoisotopic (exact) mass is 237 g/mol. The summed E-state index contributed by atoms with van der Waals surface area (Å²) in [5, 5.41) is 0. The van der Waals surface area contributed by atoms with E-state index in [-0.39, 0.29) is 0 Å². The molecule has 0 aliphatic rings. The average Bonchev–Trinajstić information content (AvgIpc) is 2.38. The Kier molecular flexibility index (Phi) is 6.01. The smallest absolute Gasteiger partial charge is 0.123 e. The van der Waals surface area contributed by atoms with Gasteiger partial charge in [-0.05, 0) is 30.4 Å². The fourth-order valence-electron chi connectivity index (χ4n) is 2.10. The first-order valence-corrected chi connectivity index (χ1v) is 6.19. The molecule has 0 saturated heterocycles. The van der Waals surface area contributed by atoms with Crippen LogP contribution in [0.1, 0.15) is 43.7 Å². The van der Waals surface area contributed by atoms with E-state index in [0.29, 0.717) is 12.5 Å². The van der Waals surface area contributed by atoms with Crippen molar-refractivity contribution in [2.24, 2.45) is 0 Å². The van der Waals surface area contributed by atoms with Crippen LogP contribution in [0.3, 0.4) is 0 Å². The summed E-state index contributed by atoms with van der Waals surface area (Å²) < 4.78 is 5.35. The lowest BCUT2D eigenvalue weighted by molar-refractivity contribution is 0.0861. The lowest BCUT2D eigenvalue weighted by Crippen LogP contribution is -2.12. The van der Waals surface area contributed by atoms with Gasteiger partial charge in [0.15, 0.2) is 0 Å². The van der Waals surface area contributed by atoms with E-state index in [4.69, 9.17) is 9.57 Å². The molecule has 3 nitrogen and oxygen atoms in total. The minimum absolute atomic E-state index is 0.627. The fourth-order valence-corrected chi connectivity index (χ4v) is 2.10. The molecule has 17 heavy (non-hydrogen) atoms. The SMILES string of the molecule is CCC(CC)c1ccc(OC)c(CNOC)c1. The Bertz CT molecular complexity index is 335. The van der Waals surface area contributed by atoms with Gasteiger partial charge in [0.2, 0.25) is 0 Å². The van der Waals surface area contributed by atoms with E-state index >= 15 is 0 Å². The zero-order valence-corrected chi connectivity index (χ0v) is 11.2. The summed E-state index contributed by atoms with van der Waals surface area (Å²) in [4.78, 5) is 4.89. The molecule has 96 valence electrons. The number of hydrogen-bond donors (Lipinski definition) is 1. The summed E-state index contributed by atoms with van der Waals surface area (Å²) in [6.07, 6.45) is 2.33. The Labute approximate surface area is 104 Å². The maximum absolute atomic E-state index is 5.35. The molecule has 1 aromatic carbocycles. The van der Waals surface area contributed by atoms with Crippen LogP contribution in [0.5, 0.6) is 5.75 Å². The first kappa shape index (κ1) is 14.0. The van der Waals surface area contributed by atoms with E-state index in [1.54, 1.807) is 14.2 Å². The minimum Gasteiger partial charge on any atom is -0.496 e. The van der Waals surface area contributed by atoms with Gasteiger partial charge in [-0.2, -0.15) is 5.48 Å². The van der Waals surface area contributed by atoms with Crippen molar-refractivity contribution < 1.29 is 9.57 Å². The van der Waals surface area contributed by atoms with Gasteiger partial charge in [-0.25, -0.2) is 0 Å². The predicted molar refractivity (Wildman–Crippen MR) is 70.2 cm³/mol. The molecule has 0 bridgehead atoms. The highest BCUT2D eigenvalue weighted by molar-refractivity contribution is 5.38. The van der Waals surface area contributed by atoms with Crippen molar-refractivity contribution in [3.8, 4) is 5.75 Å². The Morgan fingerprint density at radius 1 is 1.18 bits per heavy atom. The quantitative estimate of drug-likeness (QED) is 0.738. The van der Waals surface area contributed by atoms with E-state index in [1.807, 2.05) is 6.07 Å². The third-order valence-corrected chi connectivity index (χ3v) is 3.17. The first-order chi connectivity index (χ1) is 8.26. The average molecular weight is 237 g/mol. The molecule has 0 saturated carbocycles. The topological polar surface area (TPSA) is 30.5 Å². The van der Waals surface area contributed by atoms with Crippen LogP contribution in [-0.2, 0) is 11.4 Å². The minimum atomic E-state index is 0.627. The van der Waals surface area contributed by atoms with Gasteiger partial charge < -0.3 is 9.57 Å². The standard InChI is InChI=1S/C14H23NO2/c1-5-11(6-2)12-7-8-14(16-3)13(9-12)10-15-17-4/h7-9,11,15H,5-6,10H2,1-4H3. The van der Waals surface area contributed by atoms with E-state index in [2.05, 4.69) is 31.5 Å². The van der Waals surface area contributed by atoms with Gasteiger partial charge in [0.25, 0.3) is 0 Å². The summed E-state index contributed by atoms with van der Waals surface area (Å²) in [7, 11) is 3.32. The predicted octanol–water partition coefficient (Wildman–Crippen LogP) is 3.25. The van der Waals surface area contributed by atoms with E-state index in [1.165, 1.54) is 18.4 Å². The summed E-state index contributed by atoms with van der Waals surface area (Å²) in [6, 6.07) is 6.41. The summed E-state index contributed by atoms with van der Waals surface area (Å²) in [5.74, 6) is 1.53.